The summed E-state index contributed by atoms with van der Waals surface area (Å²) in [7, 11) is 0. The molecule has 4 heteroatoms. The lowest BCUT2D eigenvalue weighted by molar-refractivity contribution is -0.121. The highest BCUT2D eigenvalue weighted by Crippen LogP contribution is 2.11. The van der Waals surface area contributed by atoms with Gasteiger partial charge in [0.15, 0.2) is 0 Å². The normalized spacial score (nSPS) is 11.7. The lowest BCUT2D eigenvalue weighted by Gasteiger charge is -2.14. The second-order valence-corrected chi connectivity index (χ2v) is 5.96. The van der Waals surface area contributed by atoms with Gasteiger partial charge in [-0.2, -0.15) is 0 Å². The summed E-state index contributed by atoms with van der Waals surface area (Å²) in [5.41, 5.74) is 2.22. The van der Waals surface area contributed by atoms with Crippen molar-refractivity contribution in [2.24, 2.45) is 0 Å². The quantitative estimate of drug-likeness (QED) is 0.781. The molecular formula is C20H23NO3. The Morgan fingerprint density at radius 1 is 1.00 bits per heavy atom. The van der Waals surface area contributed by atoms with Gasteiger partial charge in [0.25, 0.3) is 0 Å². The Bertz CT molecular complexity index is 682. The molecule has 1 unspecified atom stereocenters. The van der Waals surface area contributed by atoms with Gasteiger partial charge in [0.1, 0.15) is 0 Å². The molecule has 0 radical (unpaired) electrons. The molecule has 2 N–H and O–H groups in total. The van der Waals surface area contributed by atoms with E-state index in [2.05, 4.69) is 17.4 Å². The molecule has 0 fully saturated rings. The Morgan fingerprint density at radius 2 is 1.67 bits per heavy atom. The van der Waals surface area contributed by atoms with Crippen LogP contribution in [0.25, 0.3) is 0 Å². The van der Waals surface area contributed by atoms with E-state index in [1.165, 1.54) is 5.56 Å². The van der Waals surface area contributed by atoms with Crippen LogP contribution in [0.1, 0.15) is 41.3 Å². The molecule has 1 amide bonds. The minimum Gasteiger partial charge on any atom is -0.478 e. The van der Waals surface area contributed by atoms with Gasteiger partial charge in [-0.25, -0.2) is 4.79 Å². The van der Waals surface area contributed by atoms with Crippen LogP contribution in [-0.2, 0) is 17.6 Å². The van der Waals surface area contributed by atoms with Crippen LogP contribution in [-0.4, -0.2) is 23.0 Å². The highest BCUT2D eigenvalue weighted by Gasteiger charge is 2.12. The summed E-state index contributed by atoms with van der Waals surface area (Å²) in [4.78, 5) is 23.2. The second-order valence-electron chi connectivity index (χ2n) is 5.96. The largest absolute Gasteiger partial charge is 0.478 e. The van der Waals surface area contributed by atoms with Crippen LogP contribution in [0, 0.1) is 0 Å². The summed E-state index contributed by atoms with van der Waals surface area (Å²) >= 11 is 0. The Labute approximate surface area is 142 Å². The SMILES string of the molecule is CC(CCc1ccccc1)NC(=O)CCc1ccccc1C(=O)O. The average Bonchev–Trinajstić information content (AvgIpc) is 2.59. The first-order chi connectivity index (χ1) is 11.6. The maximum absolute atomic E-state index is 12.1. The molecule has 126 valence electrons. The van der Waals surface area contributed by atoms with Crippen LogP contribution in [0.4, 0.5) is 0 Å². The monoisotopic (exact) mass is 325 g/mol. The number of carboxylic acids is 1. The molecule has 2 aromatic carbocycles. The van der Waals surface area contributed by atoms with Gasteiger partial charge < -0.3 is 10.4 Å². The zero-order chi connectivity index (χ0) is 17.4. The number of rotatable bonds is 8. The molecule has 0 aliphatic rings. The van der Waals surface area contributed by atoms with Crippen LogP contribution in [0.15, 0.2) is 54.6 Å². The third-order valence-corrected chi connectivity index (χ3v) is 3.99. The predicted molar refractivity (Wildman–Crippen MR) is 94.1 cm³/mol. The third-order valence-electron chi connectivity index (χ3n) is 3.99. The maximum Gasteiger partial charge on any atom is 0.335 e. The van der Waals surface area contributed by atoms with Crippen LogP contribution in [0.3, 0.4) is 0 Å². The van der Waals surface area contributed by atoms with E-state index >= 15 is 0 Å². The smallest absolute Gasteiger partial charge is 0.335 e. The zero-order valence-corrected chi connectivity index (χ0v) is 13.9. The van der Waals surface area contributed by atoms with Gasteiger partial charge in [0, 0.05) is 12.5 Å². The molecule has 0 aliphatic heterocycles. The van der Waals surface area contributed by atoms with Gasteiger partial charge in [-0.05, 0) is 43.4 Å². The van der Waals surface area contributed by atoms with Gasteiger partial charge in [0.2, 0.25) is 5.91 Å². The van der Waals surface area contributed by atoms with Gasteiger partial charge in [-0.15, -0.1) is 0 Å². The van der Waals surface area contributed by atoms with E-state index in [0.717, 1.165) is 12.8 Å². The second kappa shape index (κ2) is 8.87. The zero-order valence-electron chi connectivity index (χ0n) is 13.9. The molecule has 0 saturated heterocycles. The third kappa shape index (κ3) is 5.54. The fourth-order valence-electron chi connectivity index (χ4n) is 2.64. The number of amides is 1. The molecule has 0 saturated carbocycles. The van der Waals surface area contributed by atoms with E-state index in [4.69, 9.17) is 5.11 Å². The predicted octanol–water partition coefficient (Wildman–Crippen LogP) is 3.45. The highest BCUT2D eigenvalue weighted by atomic mass is 16.4. The molecular weight excluding hydrogens is 302 g/mol. The standard InChI is InChI=1S/C20H23NO3/c1-15(11-12-16-7-3-2-4-8-16)21-19(22)14-13-17-9-5-6-10-18(17)20(23)24/h2-10,15H,11-14H2,1H3,(H,21,22)(H,23,24). The minimum atomic E-state index is -0.956. The van der Waals surface area contributed by atoms with Crippen LogP contribution in [0.5, 0.6) is 0 Å². The number of hydrogen-bond donors (Lipinski definition) is 2. The van der Waals surface area contributed by atoms with Crippen molar-refractivity contribution in [3.8, 4) is 0 Å². The van der Waals surface area contributed by atoms with Crippen molar-refractivity contribution in [2.45, 2.75) is 38.6 Å². The van der Waals surface area contributed by atoms with Crippen LogP contribution >= 0.6 is 0 Å². The summed E-state index contributed by atoms with van der Waals surface area (Å²) < 4.78 is 0. The van der Waals surface area contributed by atoms with Crippen molar-refractivity contribution in [2.75, 3.05) is 0 Å². The van der Waals surface area contributed by atoms with E-state index in [-0.39, 0.29) is 17.5 Å². The topological polar surface area (TPSA) is 66.4 Å². The Hall–Kier alpha value is -2.62. The van der Waals surface area contributed by atoms with Crippen molar-refractivity contribution < 1.29 is 14.7 Å². The first-order valence-electron chi connectivity index (χ1n) is 8.20. The van der Waals surface area contributed by atoms with E-state index in [1.807, 2.05) is 25.1 Å². The van der Waals surface area contributed by atoms with Crippen molar-refractivity contribution in [3.63, 3.8) is 0 Å². The minimum absolute atomic E-state index is 0.0456. The van der Waals surface area contributed by atoms with E-state index in [9.17, 15) is 9.59 Å². The molecule has 2 aromatic rings. The van der Waals surface area contributed by atoms with E-state index < -0.39 is 5.97 Å². The van der Waals surface area contributed by atoms with E-state index in [1.54, 1.807) is 24.3 Å². The molecule has 0 aromatic heterocycles. The number of carbonyl (C=O) groups excluding carboxylic acids is 1. The Kier molecular flexibility index (Phi) is 6.55. The van der Waals surface area contributed by atoms with Gasteiger partial charge in [0.05, 0.1) is 5.56 Å². The number of nitrogens with one attached hydrogen (secondary N) is 1. The maximum atomic E-state index is 12.1. The molecule has 0 bridgehead atoms. The fraction of sp³-hybridized carbons (Fsp3) is 0.300. The molecule has 0 spiro atoms. The van der Waals surface area contributed by atoms with Crippen molar-refractivity contribution in [1.29, 1.82) is 0 Å². The summed E-state index contributed by atoms with van der Waals surface area (Å²) in [6, 6.07) is 17.1. The number of carbonyl (C=O) groups is 2. The van der Waals surface area contributed by atoms with Crippen LogP contribution < -0.4 is 5.32 Å². The lowest BCUT2D eigenvalue weighted by Crippen LogP contribution is -2.33. The summed E-state index contributed by atoms with van der Waals surface area (Å²) in [5, 5.41) is 12.1. The molecule has 2 rings (SSSR count). The highest BCUT2D eigenvalue weighted by molar-refractivity contribution is 5.89. The summed E-state index contributed by atoms with van der Waals surface area (Å²) in [6.07, 6.45) is 2.52. The van der Waals surface area contributed by atoms with Crippen molar-refractivity contribution in [3.05, 3.63) is 71.3 Å². The Balaban J connectivity index is 1.78. The molecule has 0 aliphatic carbocycles. The summed E-state index contributed by atoms with van der Waals surface area (Å²) in [6.45, 7) is 1.99. The molecule has 1 atom stereocenters. The number of hydrogen-bond acceptors (Lipinski definition) is 2. The Morgan fingerprint density at radius 3 is 2.38 bits per heavy atom. The van der Waals surface area contributed by atoms with Gasteiger partial charge in [-0.3, -0.25) is 4.79 Å². The molecule has 0 heterocycles. The van der Waals surface area contributed by atoms with Crippen molar-refractivity contribution >= 4 is 11.9 Å². The number of carboxylic acid groups (broad SMARTS) is 1. The molecule has 4 nitrogen and oxygen atoms in total. The van der Waals surface area contributed by atoms with Gasteiger partial charge in [-0.1, -0.05) is 48.5 Å². The van der Waals surface area contributed by atoms with Crippen molar-refractivity contribution in [1.82, 2.24) is 5.32 Å². The van der Waals surface area contributed by atoms with E-state index in [0.29, 0.717) is 18.4 Å². The number of aromatic carboxylic acids is 1. The van der Waals surface area contributed by atoms with Crippen LogP contribution in [0.2, 0.25) is 0 Å². The molecule has 24 heavy (non-hydrogen) atoms. The lowest BCUT2D eigenvalue weighted by atomic mass is 10.0. The first kappa shape index (κ1) is 17.7. The average molecular weight is 325 g/mol. The fourth-order valence-corrected chi connectivity index (χ4v) is 2.64. The number of benzene rings is 2. The number of aryl methyl sites for hydroxylation is 2. The summed E-state index contributed by atoms with van der Waals surface area (Å²) in [5.74, 6) is -1.00. The van der Waals surface area contributed by atoms with Gasteiger partial charge >= 0.3 is 5.97 Å². The first-order valence-corrected chi connectivity index (χ1v) is 8.20.